The van der Waals surface area contributed by atoms with Crippen LogP contribution in [0.15, 0.2) is 4.99 Å². The van der Waals surface area contributed by atoms with Crippen LogP contribution in [0.2, 0.25) is 0 Å². The summed E-state index contributed by atoms with van der Waals surface area (Å²) in [6.45, 7) is 5.77. The van der Waals surface area contributed by atoms with Crippen molar-refractivity contribution in [3.8, 4) is 0 Å². The molecule has 68 valence electrons. The molecule has 2 N–H and O–H groups in total. The third kappa shape index (κ3) is 1.57. The Kier molecular flexibility index (Phi) is 2.08. The summed E-state index contributed by atoms with van der Waals surface area (Å²) in [5.74, 6) is 0.119. The molecule has 1 rings (SSSR count). The number of aliphatic imine (C=N–C) groups is 1. The summed E-state index contributed by atoms with van der Waals surface area (Å²) in [4.78, 5) is 14.8. The van der Waals surface area contributed by atoms with Gasteiger partial charge in [-0.15, -0.1) is 0 Å². The molecule has 1 aliphatic heterocycles. The van der Waals surface area contributed by atoms with Crippen LogP contribution in [0.1, 0.15) is 27.2 Å². The lowest BCUT2D eigenvalue weighted by molar-refractivity contribution is -0.130. The van der Waals surface area contributed by atoms with Crippen LogP contribution in [0.25, 0.3) is 0 Å². The number of amides is 1. The Morgan fingerprint density at radius 1 is 1.67 bits per heavy atom. The molecule has 0 aromatic rings. The van der Waals surface area contributed by atoms with Gasteiger partial charge in [0.15, 0.2) is 5.60 Å². The first-order valence-electron chi connectivity index (χ1n) is 4.01. The van der Waals surface area contributed by atoms with Gasteiger partial charge in [-0.3, -0.25) is 4.79 Å². The highest BCUT2D eigenvalue weighted by Crippen LogP contribution is 2.26. The first-order valence-corrected chi connectivity index (χ1v) is 4.01. The number of ether oxygens (including phenoxy) is 1. The Labute approximate surface area is 71.8 Å². The molecule has 0 aliphatic carbocycles. The third-order valence-electron chi connectivity index (χ3n) is 1.79. The van der Waals surface area contributed by atoms with Gasteiger partial charge < -0.3 is 10.5 Å². The van der Waals surface area contributed by atoms with E-state index in [-0.39, 0.29) is 11.9 Å². The summed E-state index contributed by atoms with van der Waals surface area (Å²) < 4.78 is 5.15. The van der Waals surface area contributed by atoms with Crippen LogP contribution in [-0.2, 0) is 9.53 Å². The highest BCUT2D eigenvalue weighted by atomic mass is 16.5. The molecule has 4 nitrogen and oxygen atoms in total. The Bertz CT molecular complexity index is 235. The minimum atomic E-state index is -0.821. The molecule has 1 atom stereocenters. The van der Waals surface area contributed by atoms with Gasteiger partial charge in [0.25, 0.3) is 11.9 Å². The largest absolute Gasteiger partial charge is 0.449 e. The maximum Gasteiger partial charge on any atom is 0.294 e. The predicted octanol–water partition coefficient (Wildman–Crippen LogP) is 0.663. The van der Waals surface area contributed by atoms with Crippen molar-refractivity contribution >= 4 is 11.9 Å². The number of carbonyl (C=O) groups is 1. The van der Waals surface area contributed by atoms with E-state index in [0.29, 0.717) is 12.3 Å². The number of nitrogens with zero attached hydrogens (tertiary/aromatic N) is 1. The van der Waals surface area contributed by atoms with Crippen LogP contribution in [0.5, 0.6) is 0 Å². The zero-order valence-corrected chi connectivity index (χ0v) is 7.63. The number of rotatable bonds is 2. The van der Waals surface area contributed by atoms with E-state index in [4.69, 9.17) is 10.5 Å². The van der Waals surface area contributed by atoms with E-state index < -0.39 is 5.60 Å². The fraction of sp³-hybridized carbons (Fsp3) is 0.750. The molecule has 1 aliphatic rings. The van der Waals surface area contributed by atoms with Crippen molar-refractivity contribution in [2.24, 2.45) is 16.6 Å². The smallest absolute Gasteiger partial charge is 0.294 e. The lowest BCUT2D eigenvalue weighted by atomic mass is 9.94. The van der Waals surface area contributed by atoms with Gasteiger partial charge in [0.1, 0.15) is 0 Å². The van der Waals surface area contributed by atoms with E-state index in [2.05, 4.69) is 4.99 Å². The molecule has 0 saturated carbocycles. The summed E-state index contributed by atoms with van der Waals surface area (Å²) in [7, 11) is 0. The van der Waals surface area contributed by atoms with E-state index in [1.54, 1.807) is 6.92 Å². The Morgan fingerprint density at radius 2 is 2.25 bits per heavy atom. The monoisotopic (exact) mass is 170 g/mol. The van der Waals surface area contributed by atoms with Crippen LogP contribution in [0.4, 0.5) is 0 Å². The maximum absolute atomic E-state index is 11.2. The Morgan fingerprint density at radius 3 is 2.58 bits per heavy atom. The van der Waals surface area contributed by atoms with Crippen molar-refractivity contribution in [1.29, 1.82) is 0 Å². The van der Waals surface area contributed by atoms with Crippen molar-refractivity contribution in [1.82, 2.24) is 0 Å². The van der Waals surface area contributed by atoms with Crippen LogP contribution >= 0.6 is 0 Å². The molecular weight excluding hydrogens is 156 g/mol. The maximum atomic E-state index is 11.2. The van der Waals surface area contributed by atoms with E-state index in [0.717, 1.165) is 0 Å². The Hall–Kier alpha value is -1.06. The normalized spacial score (nSPS) is 29.0. The van der Waals surface area contributed by atoms with Gasteiger partial charge in [-0.1, -0.05) is 13.8 Å². The molecule has 0 saturated heterocycles. The van der Waals surface area contributed by atoms with Gasteiger partial charge in [-0.2, -0.15) is 4.99 Å². The first-order chi connectivity index (χ1) is 5.44. The zero-order chi connectivity index (χ0) is 9.35. The fourth-order valence-corrected chi connectivity index (χ4v) is 1.42. The summed E-state index contributed by atoms with van der Waals surface area (Å²) >= 11 is 0. The number of amidine groups is 1. The molecule has 4 heteroatoms. The SMILES string of the molecule is CC(C)CC1(C)OC(N)=NC1=O. The molecule has 12 heavy (non-hydrogen) atoms. The molecule has 0 bridgehead atoms. The molecular formula is C8H14N2O2. The standard InChI is InChI=1S/C8H14N2O2/c1-5(2)4-8(3)6(11)10-7(9)12-8/h5H,4H2,1-3H3,(H2,9,10,11). The lowest BCUT2D eigenvalue weighted by Gasteiger charge is -2.22. The van der Waals surface area contributed by atoms with Crippen LogP contribution in [0.3, 0.4) is 0 Å². The van der Waals surface area contributed by atoms with Gasteiger partial charge in [-0.05, 0) is 19.3 Å². The van der Waals surface area contributed by atoms with Crippen molar-refractivity contribution < 1.29 is 9.53 Å². The first kappa shape index (κ1) is 9.03. The van der Waals surface area contributed by atoms with Crippen LogP contribution in [-0.4, -0.2) is 17.5 Å². The van der Waals surface area contributed by atoms with Gasteiger partial charge in [0, 0.05) is 0 Å². The van der Waals surface area contributed by atoms with Gasteiger partial charge in [0.2, 0.25) is 0 Å². The molecule has 0 aromatic carbocycles. The van der Waals surface area contributed by atoms with Gasteiger partial charge in [-0.25, -0.2) is 0 Å². The second-order valence-corrected chi connectivity index (χ2v) is 3.69. The summed E-state index contributed by atoms with van der Waals surface area (Å²) in [5, 5.41) is 0. The van der Waals surface area contributed by atoms with Crippen molar-refractivity contribution in [3.05, 3.63) is 0 Å². The zero-order valence-electron chi connectivity index (χ0n) is 7.63. The topological polar surface area (TPSA) is 64.7 Å². The lowest BCUT2D eigenvalue weighted by Crippen LogP contribution is -2.36. The molecule has 0 radical (unpaired) electrons. The van der Waals surface area contributed by atoms with E-state index in [1.165, 1.54) is 0 Å². The second-order valence-electron chi connectivity index (χ2n) is 3.69. The molecule has 1 unspecified atom stereocenters. The van der Waals surface area contributed by atoms with Gasteiger partial charge >= 0.3 is 0 Å². The molecule has 0 spiro atoms. The average molecular weight is 170 g/mol. The fourth-order valence-electron chi connectivity index (χ4n) is 1.42. The van der Waals surface area contributed by atoms with Crippen molar-refractivity contribution in [2.45, 2.75) is 32.8 Å². The summed E-state index contributed by atoms with van der Waals surface area (Å²) in [5.41, 5.74) is 4.46. The minimum absolute atomic E-state index is 0.0110. The minimum Gasteiger partial charge on any atom is -0.449 e. The summed E-state index contributed by atoms with van der Waals surface area (Å²) in [6.07, 6.45) is 0.649. The molecule has 1 heterocycles. The molecule has 0 fully saturated rings. The average Bonchev–Trinajstić information content (AvgIpc) is 2.04. The highest BCUT2D eigenvalue weighted by molar-refractivity contribution is 6.00. The quantitative estimate of drug-likeness (QED) is 0.662. The molecule has 0 aromatic heterocycles. The predicted molar refractivity (Wildman–Crippen MR) is 45.6 cm³/mol. The van der Waals surface area contributed by atoms with Crippen LogP contribution < -0.4 is 5.73 Å². The molecule has 1 amide bonds. The van der Waals surface area contributed by atoms with Crippen molar-refractivity contribution in [3.63, 3.8) is 0 Å². The third-order valence-corrected chi connectivity index (χ3v) is 1.79. The number of nitrogens with two attached hydrogens (primary N) is 1. The van der Waals surface area contributed by atoms with E-state index in [1.807, 2.05) is 13.8 Å². The highest BCUT2D eigenvalue weighted by Gasteiger charge is 2.41. The second kappa shape index (κ2) is 2.77. The number of carbonyl (C=O) groups excluding carboxylic acids is 1. The Balaban J connectivity index is 2.70. The number of hydrogen-bond donors (Lipinski definition) is 1. The van der Waals surface area contributed by atoms with Gasteiger partial charge in [0.05, 0.1) is 0 Å². The summed E-state index contributed by atoms with van der Waals surface area (Å²) in [6, 6.07) is -0.0110. The van der Waals surface area contributed by atoms with E-state index in [9.17, 15) is 4.79 Å². The number of hydrogen-bond acceptors (Lipinski definition) is 3. The van der Waals surface area contributed by atoms with Crippen molar-refractivity contribution in [2.75, 3.05) is 0 Å². The van der Waals surface area contributed by atoms with Crippen LogP contribution in [0, 0.1) is 5.92 Å². The van der Waals surface area contributed by atoms with E-state index >= 15 is 0 Å².